The molecule has 32 heavy (non-hydrogen) atoms. The predicted octanol–water partition coefficient (Wildman–Crippen LogP) is 3.14. The molecule has 1 aromatic carbocycles. The van der Waals surface area contributed by atoms with Crippen LogP contribution in [0.3, 0.4) is 0 Å². The minimum Gasteiger partial charge on any atom is -0.497 e. The predicted molar refractivity (Wildman–Crippen MR) is 120 cm³/mol. The van der Waals surface area contributed by atoms with E-state index in [0.29, 0.717) is 18.8 Å². The molecule has 0 aromatic heterocycles. The molecule has 8 heteroatoms. The van der Waals surface area contributed by atoms with Crippen LogP contribution in [0.2, 0.25) is 0 Å². The summed E-state index contributed by atoms with van der Waals surface area (Å²) in [6.45, 7) is 3.10. The number of carbonyl (C=O) groups excluding carboxylic acids is 3. The van der Waals surface area contributed by atoms with Crippen molar-refractivity contribution in [3.8, 4) is 5.75 Å². The Hall–Kier alpha value is -2.61. The molecule has 0 radical (unpaired) electrons. The van der Waals surface area contributed by atoms with E-state index in [1.165, 1.54) is 0 Å². The molecule has 1 aromatic rings. The van der Waals surface area contributed by atoms with Gasteiger partial charge in [-0.1, -0.05) is 31.9 Å². The SMILES string of the molecule is COc1ccc([C@@H]2CCCCCN2CC(=O)NN2C(=O)NC3(CCC(C)CC3)C2=O)cc1. The van der Waals surface area contributed by atoms with E-state index in [2.05, 4.69) is 22.6 Å². The van der Waals surface area contributed by atoms with E-state index < -0.39 is 11.6 Å². The van der Waals surface area contributed by atoms with Gasteiger partial charge in [0.25, 0.3) is 11.8 Å². The van der Waals surface area contributed by atoms with Gasteiger partial charge < -0.3 is 10.1 Å². The van der Waals surface area contributed by atoms with Crippen LogP contribution in [0.1, 0.15) is 69.9 Å². The number of carbonyl (C=O) groups is 3. The lowest BCUT2D eigenvalue weighted by Gasteiger charge is -2.33. The minimum absolute atomic E-state index is 0.114. The smallest absolute Gasteiger partial charge is 0.344 e. The first kappa shape index (κ1) is 22.6. The lowest BCUT2D eigenvalue weighted by atomic mass is 9.77. The summed E-state index contributed by atoms with van der Waals surface area (Å²) >= 11 is 0. The van der Waals surface area contributed by atoms with E-state index in [9.17, 15) is 14.4 Å². The lowest BCUT2D eigenvalue weighted by molar-refractivity contribution is -0.140. The van der Waals surface area contributed by atoms with Gasteiger partial charge in [0.05, 0.1) is 13.7 Å². The first-order valence-electron chi connectivity index (χ1n) is 11.8. The summed E-state index contributed by atoms with van der Waals surface area (Å²) in [5.74, 6) is 0.684. The van der Waals surface area contributed by atoms with Crippen LogP contribution in [0.25, 0.3) is 0 Å². The normalized spacial score (nSPS) is 29.0. The van der Waals surface area contributed by atoms with Crippen LogP contribution in [0.15, 0.2) is 24.3 Å². The number of urea groups is 1. The van der Waals surface area contributed by atoms with Crippen LogP contribution in [-0.2, 0) is 9.59 Å². The number of benzene rings is 1. The maximum atomic E-state index is 13.0. The van der Waals surface area contributed by atoms with Crippen molar-refractivity contribution in [2.24, 2.45) is 5.92 Å². The van der Waals surface area contributed by atoms with Gasteiger partial charge in [0, 0.05) is 6.04 Å². The number of hydrogen-bond donors (Lipinski definition) is 2. The molecule has 3 fully saturated rings. The molecule has 4 rings (SSSR count). The number of nitrogens with zero attached hydrogens (tertiary/aromatic N) is 2. The molecule has 4 amide bonds. The third kappa shape index (κ3) is 4.60. The van der Waals surface area contributed by atoms with Crippen molar-refractivity contribution in [2.75, 3.05) is 20.2 Å². The third-order valence-electron chi connectivity index (χ3n) is 7.24. The zero-order valence-corrected chi connectivity index (χ0v) is 19.1. The summed E-state index contributed by atoms with van der Waals surface area (Å²) < 4.78 is 5.27. The highest BCUT2D eigenvalue weighted by Crippen LogP contribution is 2.36. The maximum absolute atomic E-state index is 13.0. The topological polar surface area (TPSA) is 91.0 Å². The molecule has 0 unspecified atom stereocenters. The monoisotopic (exact) mass is 442 g/mol. The highest BCUT2D eigenvalue weighted by molar-refractivity contribution is 6.08. The number of amides is 4. The Morgan fingerprint density at radius 2 is 1.84 bits per heavy atom. The highest BCUT2D eigenvalue weighted by Gasteiger charge is 2.53. The minimum atomic E-state index is -0.856. The van der Waals surface area contributed by atoms with Crippen molar-refractivity contribution in [2.45, 2.75) is 69.9 Å². The van der Waals surface area contributed by atoms with Gasteiger partial charge in [-0.15, -0.1) is 0 Å². The quantitative estimate of drug-likeness (QED) is 0.684. The third-order valence-corrected chi connectivity index (χ3v) is 7.24. The fourth-order valence-corrected chi connectivity index (χ4v) is 5.22. The summed E-state index contributed by atoms with van der Waals surface area (Å²) in [6, 6.07) is 7.56. The summed E-state index contributed by atoms with van der Waals surface area (Å²) in [6.07, 6.45) is 7.24. The fourth-order valence-electron chi connectivity index (χ4n) is 5.22. The number of imide groups is 1. The van der Waals surface area contributed by atoms with E-state index >= 15 is 0 Å². The van der Waals surface area contributed by atoms with Gasteiger partial charge in [0.2, 0.25) is 0 Å². The molecule has 1 saturated carbocycles. The molecule has 174 valence electrons. The van der Waals surface area contributed by atoms with Crippen molar-refractivity contribution in [1.82, 2.24) is 20.7 Å². The van der Waals surface area contributed by atoms with Gasteiger partial charge in [-0.3, -0.25) is 19.9 Å². The molecule has 1 spiro atoms. The van der Waals surface area contributed by atoms with Crippen molar-refractivity contribution in [3.05, 3.63) is 29.8 Å². The number of hydrogen-bond acceptors (Lipinski definition) is 5. The Bertz CT molecular complexity index is 848. The molecule has 1 aliphatic carbocycles. The van der Waals surface area contributed by atoms with Gasteiger partial charge in [0.1, 0.15) is 11.3 Å². The molecule has 2 saturated heterocycles. The summed E-state index contributed by atoms with van der Waals surface area (Å²) in [7, 11) is 1.64. The first-order chi connectivity index (χ1) is 15.4. The Morgan fingerprint density at radius 1 is 1.12 bits per heavy atom. The second-order valence-electron chi connectivity index (χ2n) is 9.48. The van der Waals surface area contributed by atoms with Crippen LogP contribution in [0.5, 0.6) is 5.75 Å². The molecular formula is C24H34N4O4. The Morgan fingerprint density at radius 3 is 2.53 bits per heavy atom. The van der Waals surface area contributed by atoms with Gasteiger partial charge in [-0.05, 0) is 68.7 Å². The standard InChI is InChI=1S/C24H34N4O4/c1-17-11-13-24(14-12-17)22(30)28(23(31)25-24)26-21(29)16-27-15-5-3-4-6-20(27)18-7-9-19(32-2)10-8-18/h7-10,17,20H,3-6,11-16H2,1-2H3,(H,25,31)(H,26,29)/t17?,20-,24?/m0/s1. The van der Waals surface area contributed by atoms with Crippen molar-refractivity contribution < 1.29 is 19.1 Å². The molecule has 3 aliphatic rings. The number of nitrogens with one attached hydrogen (secondary N) is 2. The molecule has 0 bridgehead atoms. The second-order valence-corrected chi connectivity index (χ2v) is 9.48. The van der Waals surface area contributed by atoms with Crippen LogP contribution < -0.4 is 15.5 Å². The Kier molecular flexibility index (Phi) is 6.69. The van der Waals surface area contributed by atoms with Crippen molar-refractivity contribution in [3.63, 3.8) is 0 Å². The Labute approximate surface area is 189 Å². The summed E-state index contributed by atoms with van der Waals surface area (Å²) in [4.78, 5) is 40.6. The lowest BCUT2D eigenvalue weighted by Crippen LogP contribution is -2.53. The van der Waals surface area contributed by atoms with E-state index in [0.717, 1.165) is 61.4 Å². The molecule has 1 atom stereocenters. The van der Waals surface area contributed by atoms with Gasteiger partial charge in [-0.2, -0.15) is 5.01 Å². The number of rotatable bonds is 5. The van der Waals surface area contributed by atoms with Gasteiger partial charge in [0.15, 0.2) is 0 Å². The average Bonchev–Trinajstić information content (AvgIpc) is 2.94. The van der Waals surface area contributed by atoms with Gasteiger partial charge >= 0.3 is 6.03 Å². The number of methoxy groups -OCH3 is 1. The summed E-state index contributed by atoms with van der Waals surface area (Å²) in [5, 5.41) is 3.75. The zero-order chi connectivity index (χ0) is 22.7. The van der Waals surface area contributed by atoms with Gasteiger partial charge in [-0.25, -0.2) is 4.79 Å². The molecule has 2 aliphatic heterocycles. The summed E-state index contributed by atoms with van der Waals surface area (Å²) in [5.41, 5.74) is 2.88. The van der Waals surface area contributed by atoms with E-state index in [1.54, 1.807) is 7.11 Å². The number of hydrazine groups is 1. The molecule has 8 nitrogen and oxygen atoms in total. The second kappa shape index (κ2) is 9.48. The van der Waals surface area contributed by atoms with E-state index in [1.807, 2.05) is 24.3 Å². The van der Waals surface area contributed by atoms with Crippen LogP contribution in [0.4, 0.5) is 4.79 Å². The first-order valence-corrected chi connectivity index (χ1v) is 11.8. The zero-order valence-electron chi connectivity index (χ0n) is 19.1. The Balaban J connectivity index is 1.42. The van der Waals surface area contributed by atoms with Crippen LogP contribution in [-0.4, -0.2) is 53.5 Å². The highest BCUT2D eigenvalue weighted by atomic mass is 16.5. The molecule has 2 N–H and O–H groups in total. The van der Waals surface area contributed by atoms with E-state index in [4.69, 9.17) is 4.74 Å². The largest absolute Gasteiger partial charge is 0.497 e. The average molecular weight is 443 g/mol. The number of likely N-dealkylation sites (tertiary alicyclic amines) is 1. The van der Waals surface area contributed by atoms with Crippen LogP contribution >= 0.6 is 0 Å². The molecular weight excluding hydrogens is 408 g/mol. The molecule has 2 heterocycles. The maximum Gasteiger partial charge on any atom is 0.344 e. The van der Waals surface area contributed by atoms with Crippen LogP contribution in [0, 0.1) is 5.92 Å². The van der Waals surface area contributed by atoms with Crippen molar-refractivity contribution in [1.29, 1.82) is 0 Å². The van der Waals surface area contributed by atoms with Crippen molar-refractivity contribution >= 4 is 17.8 Å². The fraction of sp³-hybridized carbons (Fsp3) is 0.625. The number of ether oxygens (including phenoxy) is 1. The van der Waals surface area contributed by atoms with E-state index in [-0.39, 0.29) is 24.4 Å².